The van der Waals surface area contributed by atoms with Gasteiger partial charge in [0.05, 0.1) is 17.9 Å². The zero-order valence-electron chi connectivity index (χ0n) is 11.7. The number of hydrogen-bond acceptors (Lipinski definition) is 4. The van der Waals surface area contributed by atoms with E-state index in [0.29, 0.717) is 18.7 Å². The van der Waals surface area contributed by atoms with Crippen LogP contribution < -0.4 is 4.90 Å². The van der Waals surface area contributed by atoms with E-state index in [1.165, 1.54) is 18.0 Å². The first-order chi connectivity index (χ1) is 10.0. The lowest BCUT2D eigenvalue weighted by atomic mass is 10.0. The molecule has 1 aromatic heterocycles. The standard InChI is InChI=1S/C14H16N4O3/c1-10(19)18(12-5-4-11(7-15)16-8-12)13-3-2-6-17(9-13)14(20)21/h4-5,8,13H,2-3,6,9H2,1H3,(H,20,21)/t13-/m1/s1. The van der Waals surface area contributed by atoms with Crippen molar-refractivity contribution in [2.24, 2.45) is 0 Å². The van der Waals surface area contributed by atoms with Crippen LogP contribution in [-0.2, 0) is 4.79 Å². The number of carbonyl (C=O) groups excluding carboxylic acids is 1. The summed E-state index contributed by atoms with van der Waals surface area (Å²) >= 11 is 0. The largest absolute Gasteiger partial charge is 0.465 e. The molecule has 0 bridgehead atoms. The summed E-state index contributed by atoms with van der Waals surface area (Å²) in [6.45, 7) is 2.22. The van der Waals surface area contributed by atoms with Crippen LogP contribution in [0.1, 0.15) is 25.5 Å². The first-order valence-electron chi connectivity index (χ1n) is 6.66. The number of pyridine rings is 1. The molecule has 0 aromatic carbocycles. The van der Waals surface area contributed by atoms with Gasteiger partial charge in [0, 0.05) is 20.0 Å². The Labute approximate surface area is 122 Å². The summed E-state index contributed by atoms with van der Waals surface area (Å²) in [7, 11) is 0. The normalized spacial score (nSPS) is 17.9. The number of amides is 2. The first-order valence-corrected chi connectivity index (χ1v) is 6.66. The topological polar surface area (TPSA) is 97.5 Å². The summed E-state index contributed by atoms with van der Waals surface area (Å²) < 4.78 is 0. The lowest BCUT2D eigenvalue weighted by Gasteiger charge is -2.37. The molecule has 7 nitrogen and oxygen atoms in total. The zero-order chi connectivity index (χ0) is 15.4. The van der Waals surface area contributed by atoms with Crippen molar-refractivity contribution in [1.29, 1.82) is 5.26 Å². The van der Waals surface area contributed by atoms with E-state index in [9.17, 15) is 9.59 Å². The third-order valence-electron chi connectivity index (χ3n) is 3.51. The number of aromatic nitrogens is 1. The Morgan fingerprint density at radius 3 is 2.81 bits per heavy atom. The molecule has 1 aliphatic heterocycles. The highest BCUT2D eigenvalue weighted by Gasteiger charge is 2.30. The van der Waals surface area contributed by atoms with Crippen LogP contribution in [0.25, 0.3) is 0 Å². The fraction of sp³-hybridized carbons (Fsp3) is 0.429. The Morgan fingerprint density at radius 1 is 1.52 bits per heavy atom. The van der Waals surface area contributed by atoms with Crippen LogP contribution in [0.3, 0.4) is 0 Å². The Balaban J connectivity index is 2.24. The number of carbonyl (C=O) groups is 2. The number of piperidine rings is 1. The SMILES string of the molecule is CC(=O)N(c1ccc(C#N)nc1)[C@@H]1CCCN(C(=O)O)C1. The van der Waals surface area contributed by atoms with E-state index in [1.807, 2.05) is 6.07 Å². The third-order valence-corrected chi connectivity index (χ3v) is 3.51. The van der Waals surface area contributed by atoms with Crippen molar-refractivity contribution in [3.63, 3.8) is 0 Å². The van der Waals surface area contributed by atoms with E-state index in [2.05, 4.69) is 4.98 Å². The van der Waals surface area contributed by atoms with Gasteiger partial charge in [-0.15, -0.1) is 0 Å². The average molecular weight is 288 g/mol. The Bertz CT molecular complexity index is 579. The van der Waals surface area contributed by atoms with Gasteiger partial charge in [0.1, 0.15) is 11.8 Å². The minimum Gasteiger partial charge on any atom is -0.465 e. The van der Waals surface area contributed by atoms with Gasteiger partial charge in [-0.2, -0.15) is 5.26 Å². The van der Waals surface area contributed by atoms with Crippen LogP contribution in [0.5, 0.6) is 0 Å². The lowest BCUT2D eigenvalue weighted by Crippen LogP contribution is -2.51. The van der Waals surface area contributed by atoms with Gasteiger partial charge in [-0.05, 0) is 25.0 Å². The van der Waals surface area contributed by atoms with E-state index in [0.717, 1.165) is 6.42 Å². The van der Waals surface area contributed by atoms with E-state index in [-0.39, 0.29) is 24.2 Å². The molecule has 1 aromatic rings. The molecule has 2 heterocycles. The van der Waals surface area contributed by atoms with Gasteiger partial charge in [0.15, 0.2) is 0 Å². The van der Waals surface area contributed by atoms with Gasteiger partial charge in [-0.25, -0.2) is 9.78 Å². The highest BCUT2D eigenvalue weighted by atomic mass is 16.4. The van der Waals surface area contributed by atoms with Crippen LogP contribution in [0, 0.1) is 11.3 Å². The maximum absolute atomic E-state index is 11.9. The summed E-state index contributed by atoms with van der Waals surface area (Å²) in [6, 6.07) is 4.92. The van der Waals surface area contributed by atoms with Crippen molar-refractivity contribution in [3.05, 3.63) is 24.0 Å². The Kier molecular flexibility index (Phi) is 4.38. The minimum absolute atomic E-state index is 0.168. The Morgan fingerprint density at radius 2 is 2.29 bits per heavy atom. The van der Waals surface area contributed by atoms with E-state index < -0.39 is 6.09 Å². The second-order valence-corrected chi connectivity index (χ2v) is 4.93. The molecule has 7 heteroatoms. The van der Waals surface area contributed by atoms with Crippen molar-refractivity contribution in [2.75, 3.05) is 18.0 Å². The zero-order valence-corrected chi connectivity index (χ0v) is 11.7. The Hall–Kier alpha value is -2.62. The third kappa shape index (κ3) is 3.28. The van der Waals surface area contributed by atoms with Crippen LogP contribution in [-0.4, -0.2) is 46.1 Å². The number of nitrogens with zero attached hydrogens (tertiary/aromatic N) is 4. The average Bonchev–Trinajstić information content (AvgIpc) is 2.48. The summed E-state index contributed by atoms with van der Waals surface area (Å²) in [5, 5.41) is 17.8. The van der Waals surface area contributed by atoms with Gasteiger partial charge >= 0.3 is 6.09 Å². The van der Waals surface area contributed by atoms with Gasteiger partial charge < -0.3 is 14.9 Å². The number of hydrogen-bond donors (Lipinski definition) is 1. The van der Waals surface area contributed by atoms with Crippen molar-refractivity contribution in [3.8, 4) is 6.07 Å². The summed E-state index contributed by atoms with van der Waals surface area (Å²) in [5.74, 6) is -0.168. The molecule has 0 saturated carbocycles. The van der Waals surface area contributed by atoms with Gasteiger partial charge in [-0.3, -0.25) is 4.79 Å². The fourth-order valence-electron chi connectivity index (χ4n) is 2.58. The van der Waals surface area contributed by atoms with Crippen LogP contribution in [0.15, 0.2) is 18.3 Å². The predicted octanol–water partition coefficient (Wildman–Crippen LogP) is 1.45. The van der Waals surface area contributed by atoms with Gasteiger partial charge in [0.2, 0.25) is 5.91 Å². The molecule has 0 unspecified atom stereocenters. The molecular weight excluding hydrogens is 272 g/mol. The highest BCUT2D eigenvalue weighted by molar-refractivity contribution is 5.92. The number of rotatable bonds is 2. The smallest absolute Gasteiger partial charge is 0.407 e. The lowest BCUT2D eigenvalue weighted by molar-refractivity contribution is -0.117. The second kappa shape index (κ2) is 6.22. The van der Waals surface area contributed by atoms with E-state index in [1.54, 1.807) is 17.0 Å². The molecule has 2 rings (SSSR count). The van der Waals surface area contributed by atoms with E-state index in [4.69, 9.17) is 10.4 Å². The molecule has 1 aliphatic rings. The molecule has 110 valence electrons. The highest BCUT2D eigenvalue weighted by Crippen LogP contribution is 2.23. The molecular formula is C14H16N4O3. The number of anilines is 1. The summed E-state index contributed by atoms with van der Waals surface area (Å²) in [6.07, 6.45) is 1.95. The number of likely N-dealkylation sites (tertiary alicyclic amines) is 1. The van der Waals surface area contributed by atoms with Crippen LogP contribution in [0.4, 0.5) is 10.5 Å². The first kappa shape index (κ1) is 14.8. The van der Waals surface area contributed by atoms with Crippen molar-refractivity contribution in [1.82, 2.24) is 9.88 Å². The molecule has 2 amide bonds. The monoisotopic (exact) mass is 288 g/mol. The molecule has 1 saturated heterocycles. The molecule has 1 atom stereocenters. The maximum Gasteiger partial charge on any atom is 0.407 e. The number of nitriles is 1. The molecule has 0 aliphatic carbocycles. The quantitative estimate of drug-likeness (QED) is 0.888. The minimum atomic E-state index is -0.971. The molecule has 1 N–H and O–H groups in total. The second-order valence-electron chi connectivity index (χ2n) is 4.93. The van der Waals surface area contributed by atoms with Crippen molar-refractivity contribution >= 4 is 17.7 Å². The number of carboxylic acid groups (broad SMARTS) is 1. The molecule has 21 heavy (non-hydrogen) atoms. The maximum atomic E-state index is 11.9. The van der Waals surface area contributed by atoms with Crippen molar-refractivity contribution < 1.29 is 14.7 Å². The van der Waals surface area contributed by atoms with Crippen LogP contribution >= 0.6 is 0 Å². The van der Waals surface area contributed by atoms with Gasteiger partial charge in [-0.1, -0.05) is 0 Å². The molecule has 0 spiro atoms. The van der Waals surface area contributed by atoms with Gasteiger partial charge in [0.25, 0.3) is 0 Å². The predicted molar refractivity (Wildman–Crippen MR) is 74.7 cm³/mol. The summed E-state index contributed by atoms with van der Waals surface area (Å²) in [5.41, 5.74) is 0.858. The van der Waals surface area contributed by atoms with Crippen molar-refractivity contribution in [2.45, 2.75) is 25.8 Å². The summed E-state index contributed by atoms with van der Waals surface area (Å²) in [4.78, 5) is 29.9. The van der Waals surface area contributed by atoms with E-state index >= 15 is 0 Å². The van der Waals surface area contributed by atoms with Crippen LogP contribution in [0.2, 0.25) is 0 Å². The molecule has 0 radical (unpaired) electrons. The fourth-order valence-corrected chi connectivity index (χ4v) is 2.58. The molecule has 1 fully saturated rings.